The zero-order chi connectivity index (χ0) is 14.9. The fourth-order valence-corrected chi connectivity index (χ4v) is 3.50. The van der Waals surface area contributed by atoms with Crippen molar-refractivity contribution in [3.63, 3.8) is 0 Å². The average Bonchev–Trinajstić information content (AvgIpc) is 2.77. The molecule has 4 nitrogen and oxygen atoms in total. The van der Waals surface area contributed by atoms with Crippen LogP contribution in [0.5, 0.6) is 0 Å². The Morgan fingerprint density at radius 3 is 2.25 bits per heavy atom. The van der Waals surface area contributed by atoms with Crippen molar-refractivity contribution in [2.75, 3.05) is 0 Å². The van der Waals surface area contributed by atoms with Crippen LogP contribution in [0, 0.1) is 13.8 Å². The van der Waals surface area contributed by atoms with E-state index in [2.05, 4.69) is 18.9 Å². The highest BCUT2D eigenvalue weighted by atomic mass is 32.2. The highest BCUT2D eigenvalue weighted by molar-refractivity contribution is 7.89. The fraction of sp³-hybridized carbons (Fsp3) is 0.400. The Morgan fingerprint density at radius 2 is 1.80 bits per heavy atom. The normalized spacial score (nSPS) is 13.4. The standard InChI is InChI=1S/C15H20N2O2S/c1-5-11(2)14-6-8-15(9-7-14)20(18,19)17-13(4)10-12(3)16-17/h6-11H,5H2,1-4H3. The highest BCUT2D eigenvalue weighted by Crippen LogP contribution is 2.22. The number of nitrogens with zero attached hydrogens (tertiary/aromatic N) is 2. The predicted molar refractivity (Wildman–Crippen MR) is 79.4 cm³/mol. The fourth-order valence-electron chi connectivity index (χ4n) is 2.16. The van der Waals surface area contributed by atoms with Gasteiger partial charge in [0.15, 0.2) is 0 Å². The van der Waals surface area contributed by atoms with Crippen molar-refractivity contribution in [1.82, 2.24) is 9.19 Å². The summed E-state index contributed by atoms with van der Waals surface area (Å²) < 4.78 is 26.1. The van der Waals surface area contributed by atoms with Crippen LogP contribution in [0.1, 0.15) is 43.1 Å². The summed E-state index contributed by atoms with van der Waals surface area (Å²) in [5, 5.41) is 4.06. The molecule has 20 heavy (non-hydrogen) atoms. The van der Waals surface area contributed by atoms with E-state index in [0.29, 0.717) is 17.3 Å². The van der Waals surface area contributed by atoms with E-state index in [0.717, 1.165) is 16.1 Å². The molecule has 0 aliphatic carbocycles. The van der Waals surface area contributed by atoms with Gasteiger partial charge in [-0.05, 0) is 49.9 Å². The highest BCUT2D eigenvalue weighted by Gasteiger charge is 2.20. The Hall–Kier alpha value is -1.62. The number of rotatable bonds is 4. The molecule has 0 aliphatic heterocycles. The molecule has 0 aliphatic rings. The van der Waals surface area contributed by atoms with Crippen molar-refractivity contribution in [2.24, 2.45) is 0 Å². The summed E-state index contributed by atoms with van der Waals surface area (Å²) in [7, 11) is -3.59. The van der Waals surface area contributed by atoms with Gasteiger partial charge in [0.1, 0.15) is 0 Å². The zero-order valence-electron chi connectivity index (χ0n) is 12.3. The van der Waals surface area contributed by atoms with Crippen LogP contribution in [0.3, 0.4) is 0 Å². The van der Waals surface area contributed by atoms with Crippen LogP contribution < -0.4 is 0 Å². The molecule has 1 aromatic heterocycles. The maximum atomic E-state index is 12.5. The number of hydrogen-bond acceptors (Lipinski definition) is 3. The van der Waals surface area contributed by atoms with E-state index in [1.165, 1.54) is 0 Å². The van der Waals surface area contributed by atoms with Gasteiger partial charge in [-0.3, -0.25) is 0 Å². The van der Waals surface area contributed by atoms with E-state index in [9.17, 15) is 8.42 Å². The van der Waals surface area contributed by atoms with Gasteiger partial charge in [-0.15, -0.1) is 0 Å². The Morgan fingerprint density at radius 1 is 1.20 bits per heavy atom. The van der Waals surface area contributed by atoms with Crippen LogP contribution in [0.15, 0.2) is 35.2 Å². The maximum absolute atomic E-state index is 12.5. The summed E-state index contributed by atoms with van der Waals surface area (Å²) in [6.45, 7) is 7.77. The van der Waals surface area contributed by atoms with Gasteiger partial charge in [-0.25, -0.2) is 0 Å². The molecule has 0 bridgehead atoms. The van der Waals surface area contributed by atoms with E-state index < -0.39 is 10.0 Å². The number of benzene rings is 1. The third kappa shape index (κ3) is 2.63. The van der Waals surface area contributed by atoms with Crippen LogP contribution in [0.2, 0.25) is 0 Å². The molecule has 0 spiro atoms. The minimum absolute atomic E-state index is 0.274. The van der Waals surface area contributed by atoms with E-state index in [4.69, 9.17) is 0 Å². The molecule has 1 heterocycles. The molecule has 108 valence electrons. The summed E-state index contributed by atoms with van der Waals surface area (Å²) in [6.07, 6.45) is 1.03. The monoisotopic (exact) mass is 292 g/mol. The Balaban J connectivity index is 2.43. The van der Waals surface area contributed by atoms with Crippen LogP contribution in [-0.2, 0) is 10.0 Å². The molecule has 1 aromatic carbocycles. The van der Waals surface area contributed by atoms with Crippen molar-refractivity contribution in [1.29, 1.82) is 0 Å². The van der Waals surface area contributed by atoms with Gasteiger partial charge in [0.25, 0.3) is 10.0 Å². The van der Waals surface area contributed by atoms with Gasteiger partial charge in [0.2, 0.25) is 0 Å². The van der Waals surface area contributed by atoms with E-state index in [1.54, 1.807) is 32.0 Å². The molecule has 1 unspecified atom stereocenters. The lowest BCUT2D eigenvalue weighted by Crippen LogP contribution is -2.16. The molecule has 0 fully saturated rings. The van der Waals surface area contributed by atoms with Crippen molar-refractivity contribution in [3.05, 3.63) is 47.3 Å². The summed E-state index contributed by atoms with van der Waals surface area (Å²) >= 11 is 0. The molecule has 0 saturated carbocycles. The summed E-state index contributed by atoms with van der Waals surface area (Å²) in [5.74, 6) is 0.431. The second-order valence-corrected chi connectivity index (χ2v) is 6.92. The number of aryl methyl sites for hydroxylation is 2. The minimum Gasteiger partial charge on any atom is -0.199 e. The van der Waals surface area contributed by atoms with Crippen LogP contribution in [0.25, 0.3) is 0 Å². The quantitative estimate of drug-likeness (QED) is 0.869. The number of hydrogen-bond donors (Lipinski definition) is 0. The molecular weight excluding hydrogens is 272 g/mol. The van der Waals surface area contributed by atoms with Crippen molar-refractivity contribution < 1.29 is 8.42 Å². The van der Waals surface area contributed by atoms with E-state index in [-0.39, 0.29) is 4.90 Å². The first kappa shape index (κ1) is 14.8. The van der Waals surface area contributed by atoms with Gasteiger partial charge in [-0.1, -0.05) is 26.0 Å². The molecule has 2 rings (SSSR count). The lowest BCUT2D eigenvalue weighted by molar-refractivity contribution is 0.577. The molecule has 1 atom stereocenters. The topological polar surface area (TPSA) is 52.0 Å². The second kappa shape index (κ2) is 5.40. The Kier molecular flexibility index (Phi) is 3.99. The smallest absolute Gasteiger partial charge is 0.199 e. The van der Waals surface area contributed by atoms with E-state index in [1.807, 2.05) is 12.1 Å². The first-order valence-electron chi connectivity index (χ1n) is 6.75. The van der Waals surface area contributed by atoms with Crippen LogP contribution in [-0.4, -0.2) is 17.6 Å². The van der Waals surface area contributed by atoms with Gasteiger partial charge < -0.3 is 0 Å². The van der Waals surface area contributed by atoms with Gasteiger partial charge in [0.05, 0.1) is 16.3 Å². The Labute approximate surface area is 120 Å². The zero-order valence-corrected chi connectivity index (χ0v) is 13.1. The summed E-state index contributed by atoms with van der Waals surface area (Å²) in [5.41, 5.74) is 2.47. The SMILES string of the molecule is CCC(C)c1ccc(S(=O)(=O)n2nc(C)cc2C)cc1. The van der Waals surface area contributed by atoms with Crippen LogP contribution >= 0.6 is 0 Å². The largest absolute Gasteiger partial charge is 0.283 e. The molecular formula is C15H20N2O2S. The molecule has 0 radical (unpaired) electrons. The summed E-state index contributed by atoms with van der Waals surface area (Å²) in [4.78, 5) is 0.274. The lowest BCUT2D eigenvalue weighted by atomic mass is 9.99. The molecule has 0 N–H and O–H groups in total. The second-order valence-electron chi connectivity index (χ2n) is 5.15. The number of aromatic nitrogens is 2. The molecule has 0 amide bonds. The third-order valence-electron chi connectivity index (χ3n) is 3.56. The van der Waals surface area contributed by atoms with Crippen molar-refractivity contribution >= 4 is 10.0 Å². The van der Waals surface area contributed by atoms with Gasteiger partial charge in [0, 0.05) is 0 Å². The Bertz CT molecular complexity index is 700. The molecule has 0 saturated heterocycles. The van der Waals surface area contributed by atoms with Crippen molar-refractivity contribution in [3.8, 4) is 0 Å². The average molecular weight is 292 g/mol. The first-order chi connectivity index (χ1) is 9.36. The van der Waals surface area contributed by atoms with E-state index >= 15 is 0 Å². The maximum Gasteiger partial charge on any atom is 0.283 e. The van der Waals surface area contributed by atoms with Crippen LogP contribution in [0.4, 0.5) is 0 Å². The van der Waals surface area contributed by atoms with Crippen molar-refractivity contribution in [2.45, 2.75) is 44.9 Å². The van der Waals surface area contributed by atoms with Gasteiger partial charge in [-0.2, -0.15) is 17.6 Å². The molecule has 5 heteroatoms. The first-order valence-corrected chi connectivity index (χ1v) is 8.19. The predicted octanol–water partition coefficient (Wildman–Crippen LogP) is 3.25. The minimum atomic E-state index is -3.59. The lowest BCUT2D eigenvalue weighted by Gasteiger charge is -2.11. The molecule has 2 aromatic rings. The summed E-state index contributed by atoms with van der Waals surface area (Å²) in [6, 6.07) is 8.84. The van der Waals surface area contributed by atoms with Gasteiger partial charge >= 0.3 is 0 Å². The third-order valence-corrected chi connectivity index (χ3v) is 5.25.